The van der Waals surface area contributed by atoms with Gasteiger partial charge in [0.05, 0.1) is 0 Å². The summed E-state index contributed by atoms with van der Waals surface area (Å²) < 4.78 is 18.2. The summed E-state index contributed by atoms with van der Waals surface area (Å²) in [5, 5.41) is 3.39. The number of hydrogen-bond acceptors (Lipinski definition) is 3. The summed E-state index contributed by atoms with van der Waals surface area (Å²) in [7, 11) is -6.76. The second kappa shape index (κ2) is 10.7. The highest BCUT2D eigenvalue weighted by Gasteiger charge is 2.31. The molecule has 0 saturated heterocycles. The van der Waals surface area contributed by atoms with Gasteiger partial charge in [-0.2, -0.15) is 33.2 Å². The van der Waals surface area contributed by atoms with Crippen molar-refractivity contribution in [3.63, 3.8) is 0 Å². The fraction of sp³-hybridized carbons (Fsp3) is 0.250. The van der Waals surface area contributed by atoms with Crippen molar-refractivity contribution in [2.24, 2.45) is 0 Å². The molecule has 0 aliphatic heterocycles. The molecule has 0 aliphatic carbocycles. The maximum absolute atomic E-state index is 6.56. The second-order valence-electron chi connectivity index (χ2n) is 9.63. The lowest BCUT2D eigenvalue weighted by Gasteiger charge is -2.19. The third-order valence-corrected chi connectivity index (χ3v) is 12.4. The van der Waals surface area contributed by atoms with E-state index < -0.39 is 29.5 Å². The highest BCUT2D eigenvalue weighted by Crippen LogP contribution is 2.20. The van der Waals surface area contributed by atoms with Gasteiger partial charge in [-0.1, -0.05) is 75.7 Å². The molecule has 0 amide bonds. The third-order valence-electron chi connectivity index (χ3n) is 5.32. The van der Waals surface area contributed by atoms with Crippen LogP contribution in [-0.2, 0) is 0 Å². The van der Waals surface area contributed by atoms with Crippen LogP contribution in [0.25, 0.3) is 0 Å². The average Bonchev–Trinajstić information content (AvgIpc) is 2.73. The van der Waals surface area contributed by atoms with Gasteiger partial charge in [0.15, 0.2) is 22.2 Å². The Kier molecular flexibility index (Phi) is 8.59. The van der Waals surface area contributed by atoms with E-state index in [1.807, 2.05) is 72.8 Å². The first-order chi connectivity index (χ1) is 15.7. The van der Waals surface area contributed by atoms with E-state index in [1.54, 1.807) is 0 Å². The molecule has 0 aliphatic rings. The van der Waals surface area contributed by atoms with E-state index in [0.717, 1.165) is 15.6 Å². The molecule has 10 heteroatoms. The molecule has 0 heterocycles. The van der Waals surface area contributed by atoms with Crippen LogP contribution < -0.4 is 29.5 Å². The normalized spacial score (nSPS) is 12.3. The summed E-state index contributed by atoms with van der Waals surface area (Å²) in [6, 6.07) is 23.3. The molecule has 3 aromatic rings. The van der Waals surface area contributed by atoms with Crippen LogP contribution in [-0.4, -0.2) is 29.5 Å². The van der Waals surface area contributed by atoms with Crippen LogP contribution in [0.3, 0.4) is 0 Å². The van der Waals surface area contributed by atoms with Crippen molar-refractivity contribution in [3.05, 3.63) is 72.8 Å². The molecular weight excluding hydrogens is 538 g/mol. The first-order valence-corrected chi connectivity index (χ1v) is 23.1. The lowest BCUT2D eigenvalue weighted by atomic mass is 10.2. The van der Waals surface area contributed by atoms with Gasteiger partial charge in [-0.05, 0) is 52.0 Å². The molecule has 3 nitrogen and oxygen atoms in total. The first-order valence-electron chi connectivity index (χ1n) is 11.1. The SMILES string of the molecule is C[Si](C)(Cl)c1ccc(OB(Oc2ccc([Si](C)(C)Cl)cc2)Oc2ccc([Si](C)(C)Cl)cc2)cc1. The quantitative estimate of drug-likeness (QED) is 0.229. The van der Waals surface area contributed by atoms with Gasteiger partial charge in [0.25, 0.3) is 0 Å². The first kappa shape index (κ1) is 27.2. The summed E-state index contributed by atoms with van der Waals surface area (Å²) in [5.74, 6) is 1.88. The fourth-order valence-corrected chi connectivity index (χ4v) is 7.21. The van der Waals surface area contributed by atoms with Crippen LogP contribution in [0.2, 0.25) is 39.3 Å². The molecule has 0 bridgehead atoms. The van der Waals surface area contributed by atoms with Crippen molar-refractivity contribution < 1.29 is 14.0 Å². The standard InChI is InChI=1S/C24H30BCl3O3Si3/c1-32(2,26)22-13-7-19(8-14-22)29-25(30-20-9-15-23(16-10-20)33(3,4)27)31-21-11-17-24(18-12-21)34(5,6)28/h7-18H,1-6H3. The molecule has 0 unspecified atom stereocenters. The maximum Gasteiger partial charge on any atom is 0.864 e. The van der Waals surface area contributed by atoms with E-state index in [-0.39, 0.29) is 0 Å². The number of hydrogen-bond donors (Lipinski definition) is 0. The maximum atomic E-state index is 6.56. The summed E-state index contributed by atoms with van der Waals surface area (Å²) >= 11 is 19.7. The lowest BCUT2D eigenvalue weighted by molar-refractivity contribution is 0.307. The van der Waals surface area contributed by atoms with Gasteiger partial charge >= 0.3 is 7.32 Å². The predicted molar refractivity (Wildman–Crippen MR) is 156 cm³/mol. The number of benzene rings is 3. The predicted octanol–water partition coefficient (Wildman–Crippen LogP) is 6.16. The molecule has 0 saturated carbocycles. The summed E-state index contributed by atoms with van der Waals surface area (Å²) in [6.45, 7) is 12.5. The minimum Gasteiger partial charge on any atom is -0.490 e. The van der Waals surface area contributed by atoms with Crippen LogP contribution in [0.4, 0.5) is 0 Å². The third kappa shape index (κ3) is 7.83. The Balaban J connectivity index is 1.82. The van der Waals surface area contributed by atoms with E-state index in [9.17, 15) is 0 Å². The fourth-order valence-electron chi connectivity index (χ4n) is 3.19. The Morgan fingerprint density at radius 2 is 0.647 bits per heavy atom. The van der Waals surface area contributed by atoms with E-state index in [2.05, 4.69) is 39.3 Å². The summed E-state index contributed by atoms with van der Waals surface area (Å²) in [5.41, 5.74) is 0. The zero-order chi connectivity index (χ0) is 25.1. The van der Waals surface area contributed by atoms with Crippen LogP contribution in [0.1, 0.15) is 0 Å². The van der Waals surface area contributed by atoms with Gasteiger partial charge in [-0.25, -0.2) is 0 Å². The van der Waals surface area contributed by atoms with Crippen LogP contribution in [0, 0.1) is 0 Å². The molecular formula is C24H30BCl3O3Si3. The molecule has 3 aromatic carbocycles. The van der Waals surface area contributed by atoms with Crippen molar-refractivity contribution >= 4 is 78.3 Å². The molecule has 0 aromatic heterocycles. The van der Waals surface area contributed by atoms with Gasteiger partial charge in [0.1, 0.15) is 17.2 Å². The molecule has 3 rings (SSSR count). The Morgan fingerprint density at radius 1 is 0.441 bits per heavy atom. The van der Waals surface area contributed by atoms with E-state index >= 15 is 0 Å². The summed E-state index contributed by atoms with van der Waals surface area (Å²) in [6.07, 6.45) is 0. The molecule has 0 N–H and O–H groups in total. The van der Waals surface area contributed by atoms with Crippen molar-refractivity contribution in [3.8, 4) is 17.2 Å². The number of halogens is 3. The van der Waals surface area contributed by atoms with Gasteiger partial charge in [0.2, 0.25) is 0 Å². The minimum absolute atomic E-state index is 0.625. The van der Waals surface area contributed by atoms with E-state index in [0.29, 0.717) is 17.2 Å². The van der Waals surface area contributed by atoms with Gasteiger partial charge in [-0.15, -0.1) is 0 Å². The smallest absolute Gasteiger partial charge is 0.490 e. The molecule has 0 radical (unpaired) electrons. The van der Waals surface area contributed by atoms with Crippen LogP contribution in [0.5, 0.6) is 17.2 Å². The highest BCUT2D eigenvalue weighted by molar-refractivity contribution is 7.27. The van der Waals surface area contributed by atoms with Gasteiger partial charge in [0, 0.05) is 0 Å². The van der Waals surface area contributed by atoms with Crippen molar-refractivity contribution in [2.75, 3.05) is 0 Å². The average molecular weight is 568 g/mol. The Labute approximate surface area is 220 Å². The van der Waals surface area contributed by atoms with E-state index in [1.165, 1.54) is 0 Å². The van der Waals surface area contributed by atoms with E-state index in [4.69, 9.17) is 47.2 Å². The summed E-state index contributed by atoms with van der Waals surface area (Å²) in [4.78, 5) is 0. The van der Waals surface area contributed by atoms with Crippen molar-refractivity contribution in [1.82, 2.24) is 0 Å². The molecule has 0 spiro atoms. The molecule has 180 valence electrons. The second-order valence-corrected chi connectivity index (χ2v) is 28.7. The van der Waals surface area contributed by atoms with Crippen molar-refractivity contribution in [2.45, 2.75) is 39.3 Å². The monoisotopic (exact) mass is 566 g/mol. The van der Waals surface area contributed by atoms with Crippen LogP contribution >= 0.6 is 33.2 Å². The Morgan fingerprint density at radius 3 is 0.824 bits per heavy atom. The largest absolute Gasteiger partial charge is 0.864 e. The lowest BCUT2D eigenvalue weighted by Crippen LogP contribution is -2.38. The number of rotatable bonds is 9. The van der Waals surface area contributed by atoms with Gasteiger partial charge < -0.3 is 14.0 Å². The molecule has 0 fully saturated rings. The minimum atomic E-state index is -1.92. The Hall–Kier alpha value is -1.35. The van der Waals surface area contributed by atoms with Crippen molar-refractivity contribution in [1.29, 1.82) is 0 Å². The van der Waals surface area contributed by atoms with Crippen LogP contribution in [0.15, 0.2) is 72.8 Å². The molecule has 34 heavy (non-hydrogen) atoms. The molecule has 0 atom stereocenters. The van der Waals surface area contributed by atoms with Gasteiger partial charge in [-0.3, -0.25) is 0 Å². The zero-order valence-electron chi connectivity index (χ0n) is 20.4. The topological polar surface area (TPSA) is 27.7 Å². The zero-order valence-corrected chi connectivity index (χ0v) is 25.6. The Bertz CT molecular complexity index is 935. The highest BCUT2D eigenvalue weighted by atomic mass is 35.6.